The highest BCUT2D eigenvalue weighted by Gasteiger charge is 2.04. The molecule has 0 aliphatic heterocycles. The normalized spacial score (nSPS) is 12.5. The van der Waals surface area contributed by atoms with E-state index >= 15 is 0 Å². The second kappa shape index (κ2) is 3.41. The summed E-state index contributed by atoms with van der Waals surface area (Å²) in [6, 6.07) is 3.47. The lowest BCUT2D eigenvalue weighted by atomic mass is 10.3. The van der Waals surface area contributed by atoms with Gasteiger partial charge in [-0.1, -0.05) is 15.9 Å². The second-order valence-corrected chi connectivity index (χ2v) is 2.67. The quantitative estimate of drug-likeness (QED) is 0.531. The molecule has 52 valence electrons. The molecule has 0 radical (unpaired) electrons. The average molecular weight is 201 g/mol. The Morgan fingerprint density at radius 1 is 1.70 bits per heavy atom. The van der Waals surface area contributed by atoms with Crippen molar-refractivity contribution in [1.82, 2.24) is 10.2 Å². The van der Waals surface area contributed by atoms with Crippen LogP contribution in [0.5, 0.6) is 0 Å². The van der Waals surface area contributed by atoms with Crippen LogP contribution in [0, 0.1) is 0 Å². The topological polar surface area (TPSA) is 42.9 Å². The molecule has 3 nitrogen and oxygen atoms in total. The van der Waals surface area contributed by atoms with Crippen molar-refractivity contribution >= 4 is 22.2 Å². The van der Waals surface area contributed by atoms with Crippen molar-refractivity contribution in [2.75, 3.05) is 0 Å². The van der Waals surface area contributed by atoms with E-state index in [0.29, 0.717) is 5.69 Å². The lowest BCUT2D eigenvalue weighted by molar-refractivity contribution is -0.107. The first kappa shape index (κ1) is 7.34. The number of hydrogen-bond acceptors (Lipinski definition) is 3. The van der Waals surface area contributed by atoms with Gasteiger partial charge in [0.1, 0.15) is 11.1 Å². The van der Waals surface area contributed by atoms with Gasteiger partial charge in [0.2, 0.25) is 0 Å². The molecule has 0 aliphatic carbocycles. The molecule has 1 aromatic rings. The summed E-state index contributed by atoms with van der Waals surface area (Å²) in [5, 5.41) is 7.34. The SMILES string of the molecule is O=C[C@@H](Br)c1cccnn1. The van der Waals surface area contributed by atoms with Crippen LogP contribution in [0.1, 0.15) is 10.5 Å². The van der Waals surface area contributed by atoms with Crippen LogP contribution >= 0.6 is 15.9 Å². The third-order valence-electron chi connectivity index (χ3n) is 0.995. The van der Waals surface area contributed by atoms with Gasteiger partial charge in [-0.3, -0.25) is 0 Å². The largest absolute Gasteiger partial charge is 0.302 e. The number of aldehydes is 1. The summed E-state index contributed by atoms with van der Waals surface area (Å²) in [7, 11) is 0. The molecule has 0 aromatic carbocycles. The molecular weight excluding hydrogens is 196 g/mol. The third kappa shape index (κ3) is 1.60. The summed E-state index contributed by atoms with van der Waals surface area (Å²) >= 11 is 3.11. The Morgan fingerprint density at radius 3 is 3.00 bits per heavy atom. The maximum absolute atomic E-state index is 10.2. The zero-order chi connectivity index (χ0) is 7.40. The van der Waals surface area contributed by atoms with Crippen LogP contribution < -0.4 is 0 Å². The molecule has 0 aliphatic rings. The summed E-state index contributed by atoms with van der Waals surface area (Å²) in [6.45, 7) is 0. The Bertz CT molecular complexity index is 214. The molecule has 0 amide bonds. The van der Waals surface area contributed by atoms with Crippen LogP contribution in [0.2, 0.25) is 0 Å². The van der Waals surface area contributed by atoms with Gasteiger partial charge >= 0.3 is 0 Å². The van der Waals surface area contributed by atoms with Crippen molar-refractivity contribution in [1.29, 1.82) is 0 Å². The van der Waals surface area contributed by atoms with Gasteiger partial charge in [0.15, 0.2) is 0 Å². The lowest BCUT2D eigenvalue weighted by Crippen LogP contribution is -1.95. The van der Waals surface area contributed by atoms with E-state index in [0.717, 1.165) is 6.29 Å². The standard InChI is InChI=1S/C6H5BrN2O/c7-5(4-10)6-2-1-3-8-9-6/h1-5H/t5-/m1/s1. The smallest absolute Gasteiger partial charge is 0.139 e. The highest BCUT2D eigenvalue weighted by molar-refractivity contribution is 9.09. The maximum Gasteiger partial charge on any atom is 0.139 e. The van der Waals surface area contributed by atoms with Crippen molar-refractivity contribution in [3.05, 3.63) is 24.0 Å². The summed E-state index contributed by atoms with van der Waals surface area (Å²) in [6.07, 6.45) is 2.33. The van der Waals surface area contributed by atoms with Crippen LogP contribution in [-0.4, -0.2) is 16.5 Å². The van der Waals surface area contributed by atoms with Gasteiger partial charge in [0, 0.05) is 6.20 Å². The molecule has 4 heteroatoms. The van der Waals surface area contributed by atoms with Gasteiger partial charge in [-0.2, -0.15) is 10.2 Å². The van der Waals surface area contributed by atoms with Gasteiger partial charge in [-0.05, 0) is 12.1 Å². The molecular formula is C6H5BrN2O. The predicted octanol–water partition coefficient (Wildman–Crippen LogP) is 1.11. The Morgan fingerprint density at radius 2 is 2.50 bits per heavy atom. The molecule has 0 saturated carbocycles. The number of rotatable bonds is 2. The number of carbonyl (C=O) groups is 1. The second-order valence-electron chi connectivity index (χ2n) is 1.69. The summed E-state index contributed by atoms with van der Waals surface area (Å²) in [5.74, 6) is 0. The first-order valence-corrected chi connectivity index (χ1v) is 3.63. The van der Waals surface area contributed by atoms with Crippen LogP contribution in [0.3, 0.4) is 0 Å². The fourth-order valence-electron chi connectivity index (χ4n) is 0.530. The Hall–Kier alpha value is -0.770. The number of alkyl halides is 1. The van der Waals surface area contributed by atoms with E-state index in [1.54, 1.807) is 18.3 Å². The van der Waals surface area contributed by atoms with E-state index < -0.39 is 0 Å². The molecule has 1 aromatic heterocycles. The molecule has 0 fully saturated rings. The van der Waals surface area contributed by atoms with Crippen molar-refractivity contribution in [2.24, 2.45) is 0 Å². The fraction of sp³-hybridized carbons (Fsp3) is 0.167. The van der Waals surface area contributed by atoms with Crippen LogP contribution in [0.4, 0.5) is 0 Å². The van der Waals surface area contributed by atoms with Crippen molar-refractivity contribution < 1.29 is 4.79 Å². The monoisotopic (exact) mass is 200 g/mol. The highest BCUT2D eigenvalue weighted by Crippen LogP contribution is 2.15. The van der Waals surface area contributed by atoms with E-state index in [-0.39, 0.29) is 4.83 Å². The minimum atomic E-state index is -0.332. The van der Waals surface area contributed by atoms with E-state index in [4.69, 9.17) is 0 Å². The molecule has 1 rings (SSSR count). The zero-order valence-electron chi connectivity index (χ0n) is 5.07. The molecule has 1 heterocycles. The maximum atomic E-state index is 10.2. The zero-order valence-corrected chi connectivity index (χ0v) is 6.65. The Labute approximate surface area is 66.6 Å². The van der Waals surface area contributed by atoms with Gasteiger partial charge in [-0.15, -0.1) is 0 Å². The third-order valence-corrected chi connectivity index (χ3v) is 1.68. The minimum absolute atomic E-state index is 0.332. The van der Waals surface area contributed by atoms with Gasteiger partial charge < -0.3 is 4.79 Å². The van der Waals surface area contributed by atoms with E-state index in [9.17, 15) is 4.79 Å². The summed E-state index contributed by atoms with van der Waals surface area (Å²) in [4.78, 5) is 9.86. The molecule has 0 N–H and O–H groups in total. The van der Waals surface area contributed by atoms with Crippen LogP contribution in [-0.2, 0) is 4.79 Å². The molecule has 1 atom stereocenters. The van der Waals surface area contributed by atoms with E-state index in [2.05, 4.69) is 26.1 Å². The number of carbonyl (C=O) groups excluding carboxylic acids is 1. The first-order valence-electron chi connectivity index (χ1n) is 2.71. The van der Waals surface area contributed by atoms with Gasteiger partial charge in [0.25, 0.3) is 0 Å². The lowest BCUT2D eigenvalue weighted by Gasteiger charge is -1.96. The van der Waals surface area contributed by atoms with Crippen LogP contribution in [0.15, 0.2) is 18.3 Å². The summed E-state index contributed by atoms with van der Waals surface area (Å²) in [5.41, 5.74) is 0.637. The van der Waals surface area contributed by atoms with Crippen molar-refractivity contribution in [3.8, 4) is 0 Å². The van der Waals surface area contributed by atoms with E-state index in [1.807, 2.05) is 0 Å². The molecule has 0 bridgehead atoms. The Kier molecular flexibility index (Phi) is 2.50. The summed E-state index contributed by atoms with van der Waals surface area (Å²) < 4.78 is 0. The highest BCUT2D eigenvalue weighted by atomic mass is 79.9. The fourth-order valence-corrected chi connectivity index (χ4v) is 0.774. The van der Waals surface area contributed by atoms with Gasteiger partial charge in [0.05, 0.1) is 5.69 Å². The number of halogens is 1. The first-order chi connectivity index (χ1) is 4.84. The minimum Gasteiger partial charge on any atom is -0.302 e. The molecule has 10 heavy (non-hydrogen) atoms. The van der Waals surface area contributed by atoms with Crippen molar-refractivity contribution in [2.45, 2.75) is 4.83 Å². The van der Waals surface area contributed by atoms with Crippen LogP contribution in [0.25, 0.3) is 0 Å². The average Bonchev–Trinajstić information content (AvgIpc) is 2.05. The predicted molar refractivity (Wildman–Crippen MR) is 39.8 cm³/mol. The van der Waals surface area contributed by atoms with Crippen molar-refractivity contribution in [3.63, 3.8) is 0 Å². The Balaban J connectivity index is 2.84. The number of hydrogen-bond donors (Lipinski definition) is 0. The number of nitrogens with zero attached hydrogens (tertiary/aromatic N) is 2. The van der Waals surface area contributed by atoms with E-state index in [1.165, 1.54) is 0 Å². The molecule has 0 spiro atoms. The number of aromatic nitrogens is 2. The van der Waals surface area contributed by atoms with Gasteiger partial charge in [-0.25, -0.2) is 0 Å². The molecule has 0 saturated heterocycles. The molecule has 0 unspecified atom stereocenters.